The second-order valence-corrected chi connectivity index (χ2v) is 7.45. The van der Waals surface area contributed by atoms with Crippen molar-refractivity contribution in [2.45, 2.75) is 50.8 Å². The number of piperidine rings is 1. The Kier molecular flexibility index (Phi) is 6.03. The number of nitrogens with one attached hydrogen (secondary N) is 1. The van der Waals surface area contributed by atoms with Gasteiger partial charge in [-0.25, -0.2) is 10.4 Å². The lowest BCUT2D eigenvalue weighted by atomic mass is 10.0. The Hall–Kier alpha value is 0.190. The molecule has 0 amide bonds. The van der Waals surface area contributed by atoms with Crippen LogP contribution in [-0.4, -0.2) is 66.5 Å². The Morgan fingerprint density at radius 1 is 1.10 bits per heavy atom. The second-order valence-electron chi connectivity index (χ2n) is 6.23. The molecule has 0 spiro atoms. The maximum Gasteiger partial charge on any atom is 0.122 e. The van der Waals surface area contributed by atoms with E-state index >= 15 is 0 Å². The van der Waals surface area contributed by atoms with Crippen LogP contribution in [0, 0.1) is 0 Å². The molecule has 4 nitrogen and oxygen atoms in total. The van der Waals surface area contributed by atoms with Gasteiger partial charge in [-0.3, -0.25) is 0 Å². The number of rotatable bonds is 6. The minimum Gasteiger partial charge on any atom is -0.362 e. The van der Waals surface area contributed by atoms with Gasteiger partial charge in [0.05, 0.1) is 0 Å². The molecule has 116 valence electrons. The van der Waals surface area contributed by atoms with Crippen molar-refractivity contribution in [3.8, 4) is 0 Å². The quantitative estimate of drug-likeness (QED) is 0.757. The molecule has 5 heteroatoms. The summed E-state index contributed by atoms with van der Waals surface area (Å²) in [6.07, 6.45) is 8.03. The van der Waals surface area contributed by atoms with Crippen LogP contribution in [0.15, 0.2) is 0 Å². The summed E-state index contributed by atoms with van der Waals surface area (Å²) in [5.41, 5.74) is 3.53. The van der Waals surface area contributed by atoms with Gasteiger partial charge in [-0.1, -0.05) is 6.42 Å². The third kappa shape index (κ3) is 4.34. The van der Waals surface area contributed by atoms with Gasteiger partial charge in [0.1, 0.15) is 6.23 Å². The Bertz CT molecular complexity index is 272. The molecule has 3 saturated heterocycles. The highest BCUT2D eigenvalue weighted by Gasteiger charge is 2.33. The molecule has 0 saturated carbocycles. The van der Waals surface area contributed by atoms with Crippen LogP contribution in [0.25, 0.3) is 0 Å². The molecule has 20 heavy (non-hydrogen) atoms. The summed E-state index contributed by atoms with van der Waals surface area (Å²) in [4.78, 5) is 2.60. The monoisotopic (exact) mass is 299 g/mol. The van der Waals surface area contributed by atoms with Gasteiger partial charge in [0.15, 0.2) is 0 Å². The first-order valence-electron chi connectivity index (χ1n) is 8.36. The standard InChI is InChI=1S/C15H29N3OS/c1-2-7-18-14(5-1)13-15(16-18)19-10-4-3-6-17-8-11-20-12-9-17/h14-16H,1-13H2. The number of fused-ring (bicyclic) bond motifs is 1. The van der Waals surface area contributed by atoms with Crippen molar-refractivity contribution < 1.29 is 4.74 Å². The number of hydrogen-bond acceptors (Lipinski definition) is 5. The molecule has 0 aromatic heterocycles. The molecular formula is C15H29N3OS. The van der Waals surface area contributed by atoms with E-state index in [9.17, 15) is 0 Å². The zero-order valence-electron chi connectivity index (χ0n) is 12.6. The van der Waals surface area contributed by atoms with E-state index in [1.807, 2.05) is 0 Å². The van der Waals surface area contributed by atoms with Gasteiger partial charge in [-0.05, 0) is 32.2 Å². The molecule has 2 unspecified atom stereocenters. The zero-order valence-corrected chi connectivity index (χ0v) is 13.4. The second kappa shape index (κ2) is 7.99. The molecule has 0 bridgehead atoms. The van der Waals surface area contributed by atoms with Crippen LogP contribution in [0.2, 0.25) is 0 Å². The van der Waals surface area contributed by atoms with Crippen molar-refractivity contribution in [1.29, 1.82) is 0 Å². The highest BCUT2D eigenvalue weighted by Crippen LogP contribution is 2.25. The van der Waals surface area contributed by atoms with Gasteiger partial charge in [0, 0.05) is 50.2 Å². The molecule has 0 aromatic carbocycles. The van der Waals surface area contributed by atoms with Gasteiger partial charge in [0.25, 0.3) is 0 Å². The lowest BCUT2D eigenvalue weighted by molar-refractivity contribution is 0.0126. The smallest absolute Gasteiger partial charge is 0.122 e. The van der Waals surface area contributed by atoms with Gasteiger partial charge in [-0.15, -0.1) is 0 Å². The summed E-state index contributed by atoms with van der Waals surface area (Å²) < 4.78 is 6.01. The van der Waals surface area contributed by atoms with E-state index in [0.717, 1.165) is 12.6 Å². The average molecular weight is 299 g/mol. The fourth-order valence-electron chi connectivity index (χ4n) is 3.49. The highest BCUT2D eigenvalue weighted by atomic mass is 32.2. The summed E-state index contributed by atoms with van der Waals surface area (Å²) in [5.74, 6) is 2.64. The zero-order chi connectivity index (χ0) is 13.6. The first-order valence-corrected chi connectivity index (χ1v) is 9.52. The van der Waals surface area contributed by atoms with Crippen LogP contribution >= 0.6 is 11.8 Å². The normalized spacial score (nSPS) is 32.4. The summed E-state index contributed by atoms with van der Waals surface area (Å²) in [6.45, 7) is 5.95. The lowest BCUT2D eigenvalue weighted by Gasteiger charge is -2.28. The maximum atomic E-state index is 6.01. The number of nitrogens with zero attached hydrogens (tertiary/aromatic N) is 2. The molecule has 0 radical (unpaired) electrons. The van der Waals surface area contributed by atoms with E-state index < -0.39 is 0 Å². The van der Waals surface area contributed by atoms with Crippen molar-refractivity contribution in [2.24, 2.45) is 0 Å². The number of ether oxygens (including phenoxy) is 1. The first-order chi connectivity index (χ1) is 9.92. The number of hydrogen-bond donors (Lipinski definition) is 1. The van der Waals surface area contributed by atoms with Crippen LogP contribution in [-0.2, 0) is 4.74 Å². The molecule has 3 heterocycles. The van der Waals surface area contributed by atoms with Crippen LogP contribution in [0.1, 0.15) is 38.5 Å². The van der Waals surface area contributed by atoms with Crippen molar-refractivity contribution in [1.82, 2.24) is 15.3 Å². The lowest BCUT2D eigenvalue weighted by Crippen LogP contribution is -2.42. The SMILES string of the molecule is C(CCN1CCSCC1)COC1CC2CCCCN2N1. The van der Waals surface area contributed by atoms with Crippen molar-refractivity contribution >= 4 is 11.8 Å². The summed E-state index contributed by atoms with van der Waals surface area (Å²) in [6, 6.07) is 0.736. The first kappa shape index (κ1) is 15.1. The van der Waals surface area contributed by atoms with E-state index in [-0.39, 0.29) is 6.23 Å². The van der Waals surface area contributed by atoms with Gasteiger partial charge < -0.3 is 9.64 Å². The van der Waals surface area contributed by atoms with Crippen molar-refractivity contribution in [3.63, 3.8) is 0 Å². The Labute approximate surface area is 127 Å². The molecule has 0 aromatic rings. The minimum atomic E-state index is 0.282. The Morgan fingerprint density at radius 3 is 2.85 bits per heavy atom. The summed E-state index contributed by atoms with van der Waals surface area (Å²) in [7, 11) is 0. The van der Waals surface area contributed by atoms with Crippen LogP contribution in [0.4, 0.5) is 0 Å². The Morgan fingerprint density at radius 2 is 2.00 bits per heavy atom. The van der Waals surface area contributed by atoms with E-state index in [1.54, 1.807) is 0 Å². The van der Waals surface area contributed by atoms with Gasteiger partial charge in [-0.2, -0.15) is 11.8 Å². The van der Waals surface area contributed by atoms with E-state index in [4.69, 9.17) is 4.74 Å². The topological polar surface area (TPSA) is 27.7 Å². The predicted molar refractivity (Wildman–Crippen MR) is 84.8 cm³/mol. The summed E-state index contributed by atoms with van der Waals surface area (Å²) >= 11 is 2.09. The molecule has 3 fully saturated rings. The highest BCUT2D eigenvalue weighted by molar-refractivity contribution is 7.99. The molecule has 3 rings (SSSR count). The predicted octanol–water partition coefficient (Wildman–Crippen LogP) is 1.92. The molecule has 3 aliphatic rings. The van der Waals surface area contributed by atoms with Gasteiger partial charge in [0.2, 0.25) is 0 Å². The maximum absolute atomic E-state index is 6.01. The van der Waals surface area contributed by atoms with Crippen molar-refractivity contribution in [3.05, 3.63) is 0 Å². The molecule has 1 N–H and O–H groups in total. The Balaban J connectivity index is 1.23. The number of thioether (sulfide) groups is 1. The van der Waals surface area contributed by atoms with Gasteiger partial charge >= 0.3 is 0 Å². The van der Waals surface area contributed by atoms with Crippen LogP contribution in [0.5, 0.6) is 0 Å². The average Bonchev–Trinajstić information content (AvgIpc) is 2.90. The molecule has 2 atom stereocenters. The molecule has 0 aliphatic carbocycles. The van der Waals surface area contributed by atoms with Crippen molar-refractivity contribution in [2.75, 3.05) is 44.3 Å². The van der Waals surface area contributed by atoms with E-state index in [2.05, 4.69) is 27.1 Å². The number of unbranched alkanes of at least 4 members (excludes halogenated alkanes) is 1. The third-order valence-corrected chi connectivity index (χ3v) is 5.66. The van der Waals surface area contributed by atoms with E-state index in [0.29, 0.717) is 0 Å². The largest absolute Gasteiger partial charge is 0.362 e. The molecule has 3 aliphatic heterocycles. The van der Waals surface area contributed by atoms with Crippen LogP contribution in [0.3, 0.4) is 0 Å². The minimum absolute atomic E-state index is 0.282. The summed E-state index contributed by atoms with van der Waals surface area (Å²) in [5, 5.41) is 2.42. The van der Waals surface area contributed by atoms with Crippen LogP contribution < -0.4 is 5.43 Å². The molecular weight excluding hydrogens is 270 g/mol. The fourth-order valence-corrected chi connectivity index (χ4v) is 4.47. The third-order valence-electron chi connectivity index (χ3n) is 4.71. The number of hydrazine groups is 1. The fraction of sp³-hybridized carbons (Fsp3) is 1.00. The van der Waals surface area contributed by atoms with E-state index in [1.165, 1.54) is 76.2 Å².